The highest BCUT2D eigenvalue weighted by molar-refractivity contribution is 6.20. The summed E-state index contributed by atoms with van der Waals surface area (Å²) in [6.07, 6.45) is 0. The Labute approximate surface area is 112 Å². The third kappa shape index (κ3) is 1.53. The van der Waals surface area contributed by atoms with Crippen LogP contribution in [0.25, 0.3) is 32.3 Å². The Morgan fingerprint density at radius 1 is 0.579 bits per heavy atom. The van der Waals surface area contributed by atoms with Crippen molar-refractivity contribution in [2.24, 2.45) is 0 Å². The zero-order valence-corrected chi connectivity index (χ0v) is 10.9. The Morgan fingerprint density at radius 2 is 1.26 bits per heavy atom. The number of aryl methyl sites for hydroxylation is 1. The van der Waals surface area contributed by atoms with E-state index in [4.69, 9.17) is 0 Å². The molecule has 0 heterocycles. The fraction of sp³-hybridized carbons (Fsp3) is 0.0526. The molecule has 0 atom stereocenters. The summed E-state index contributed by atoms with van der Waals surface area (Å²) in [5.41, 5.74) is 1.31. The lowest BCUT2D eigenvalue weighted by molar-refractivity contribution is 1.51. The molecule has 0 aliphatic rings. The van der Waals surface area contributed by atoms with Crippen molar-refractivity contribution in [1.29, 1.82) is 0 Å². The molecular formula is C19H14. The minimum Gasteiger partial charge on any atom is -0.0616 e. The maximum absolute atomic E-state index is 2.26. The van der Waals surface area contributed by atoms with Crippen LogP contribution in [0.5, 0.6) is 0 Å². The monoisotopic (exact) mass is 242 g/mol. The zero-order valence-electron chi connectivity index (χ0n) is 10.9. The van der Waals surface area contributed by atoms with Crippen molar-refractivity contribution in [3.05, 3.63) is 72.3 Å². The highest BCUT2D eigenvalue weighted by atomic mass is 14.1. The minimum atomic E-state index is 1.31. The smallest absolute Gasteiger partial charge is 0.00268 e. The van der Waals surface area contributed by atoms with Gasteiger partial charge in [-0.05, 0) is 39.2 Å². The van der Waals surface area contributed by atoms with Crippen molar-refractivity contribution in [3.63, 3.8) is 0 Å². The zero-order chi connectivity index (χ0) is 12.8. The van der Waals surface area contributed by atoms with E-state index in [0.29, 0.717) is 0 Å². The average molecular weight is 242 g/mol. The molecule has 0 saturated heterocycles. The highest BCUT2D eigenvalue weighted by Crippen LogP contribution is 2.32. The topological polar surface area (TPSA) is 0 Å². The van der Waals surface area contributed by atoms with Gasteiger partial charge in [-0.2, -0.15) is 0 Å². The van der Waals surface area contributed by atoms with Gasteiger partial charge in [0.2, 0.25) is 0 Å². The van der Waals surface area contributed by atoms with E-state index >= 15 is 0 Å². The second kappa shape index (κ2) is 3.83. The molecule has 0 radical (unpaired) electrons. The van der Waals surface area contributed by atoms with Crippen molar-refractivity contribution >= 4 is 32.3 Å². The Hall–Kier alpha value is -2.34. The van der Waals surface area contributed by atoms with Crippen LogP contribution in [0, 0.1) is 6.92 Å². The molecule has 4 rings (SSSR count). The largest absolute Gasteiger partial charge is 0.0616 e. The predicted molar refractivity (Wildman–Crippen MR) is 83.7 cm³/mol. The Bertz CT molecular complexity index is 917. The summed E-state index contributed by atoms with van der Waals surface area (Å²) in [7, 11) is 0. The van der Waals surface area contributed by atoms with Gasteiger partial charge in [0.05, 0.1) is 0 Å². The van der Waals surface area contributed by atoms with Crippen molar-refractivity contribution in [2.75, 3.05) is 0 Å². The first kappa shape index (κ1) is 10.6. The third-order valence-electron chi connectivity index (χ3n) is 3.88. The van der Waals surface area contributed by atoms with Gasteiger partial charge < -0.3 is 0 Å². The molecule has 4 aromatic carbocycles. The standard InChI is InChI=1S/C19H14/c1-13-6-11-18-16(12-13)10-9-15-8-7-14-4-2-3-5-17(14)19(15)18/h2-12H,1H3. The van der Waals surface area contributed by atoms with Crippen LogP contribution in [-0.4, -0.2) is 0 Å². The molecule has 0 aliphatic heterocycles. The maximum atomic E-state index is 2.26. The maximum Gasteiger partial charge on any atom is -0.00268 e. The van der Waals surface area contributed by atoms with Crippen LogP contribution in [0.1, 0.15) is 5.56 Å². The fourth-order valence-electron chi connectivity index (χ4n) is 2.96. The molecule has 0 unspecified atom stereocenters. The second-order valence-corrected chi connectivity index (χ2v) is 5.17. The van der Waals surface area contributed by atoms with E-state index in [0.717, 1.165) is 0 Å². The van der Waals surface area contributed by atoms with Crippen LogP contribution >= 0.6 is 0 Å². The summed E-state index contributed by atoms with van der Waals surface area (Å²) >= 11 is 0. The summed E-state index contributed by atoms with van der Waals surface area (Å²) in [5, 5.41) is 8.01. The molecule has 19 heavy (non-hydrogen) atoms. The van der Waals surface area contributed by atoms with Crippen molar-refractivity contribution in [1.82, 2.24) is 0 Å². The highest BCUT2D eigenvalue weighted by Gasteiger charge is 2.04. The van der Waals surface area contributed by atoms with E-state index in [9.17, 15) is 0 Å². The number of benzene rings is 4. The quantitative estimate of drug-likeness (QED) is 0.359. The van der Waals surface area contributed by atoms with E-state index in [2.05, 4.69) is 73.7 Å². The minimum absolute atomic E-state index is 1.31. The van der Waals surface area contributed by atoms with E-state index < -0.39 is 0 Å². The van der Waals surface area contributed by atoms with Gasteiger partial charge in [0, 0.05) is 0 Å². The van der Waals surface area contributed by atoms with E-state index in [1.807, 2.05) is 0 Å². The molecule has 4 aromatic rings. The van der Waals surface area contributed by atoms with Crippen LogP contribution in [0.2, 0.25) is 0 Å². The van der Waals surface area contributed by atoms with Crippen LogP contribution in [0.4, 0.5) is 0 Å². The molecule has 0 N–H and O–H groups in total. The number of hydrogen-bond acceptors (Lipinski definition) is 0. The van der Waals surface area contributed by atoms with Gasteiger partial charge in [0.1, 0.15) is 0 Å². The Kier molecular flexibility index (Phi) is 2.13. The summed E-state index contributed by atoms with van der Waals surface area (Å²) < 4.78 is 0. The molecule has 0 aromatic heterocycles. The first-order valence-electron chi connectivity index (χ1n) is 6.64. The predicted octanol–water partition coefficient (Wildman–Crippen LogP) is 5.45. The summed E-state index contributed by atoms with van der Waals surface area (Å²) in [6, 6.07) is 24.2. The number of hydrogen-bond donors (Lipinski definition) is 0. The summed E-state index contributed by atoms with van der Waals surface area (Å²) in [5.74, 6) is 0. The first-order valence-corrected chi connectivity index (χ1v) is 6.64. The van der Waals surface area contributed by atoms with Gasteiger partial charge >= 0.3 is 0 Å². The fourth-order valence-corrected chi connectivity index (χ4v) is 2.96. The lowest BCUT2D eigenvalue weighted by Gasteiger charge is -2.08. The summed E-state index contributed by atoms with van der Waals surface area (Å²) in [6.45, 7) is 2.15. The SMILES string of the molecule is Cc1ccc2c(ccc3ccc4ccccc4c32)c1. The second-order valence-electron chi connectivity index (χ2n) is 5.17. The van der Waals surface area contributed by atoms with E-state index in [1.165, 1.54) is 37.9 Å². The third-order valence-corrected chi connectivity index (χ3v) is 3.88. The van der Waals surface area contributed by atoms with Crippen molar-refractivity contribution < 1.29 is 0 Å². The Morgan fingerprint density at radius 3 is 2.16 bits per heavy atom. The van der Waals surface area contributed by atoms with Crippen molar-refractivity contribution in [2.45, 2.75) is 6.92 Å². The lowest BCUT2D eigenvalue weighted by atomic mass is 9.96. The first-order chi connectivity index (χ1) is 9.33. The molecule has 0 spiro atoms. The molecule has 0 fully saturated rings. The molecule has 0 aliphatic carbocycles. The van der Waals surface area contributed by atoms with Crippen LogP contribution in [0.3, 0.4) is 0 Å². The molecule has 0 amide bonds. The lowest BCUT2D eigenvalue weighted by Crippen LogP contribution is -1.81. The van der Waals surface area contributed by atoms with E-state index in [-0.39, 0.29) is 0 Å². The molecule has 0 bridgehead atoms. The summed E-state index contributed by atoms with van der Waals surface area (Å²) in [4.78, 5) is 0. The van der Waals surface area contributed by atoms with Gasteiger partial charge in [-0.25, -0.2) is 0 Å². The van der Waals surface area contributed by atoms with Gasteiger partial charge in [0.15, 0.2) is 0 Å². The van der Waals surface area contributed by atoms with Crippen LogP contribution in [0.15, 0.2) is 66.7 Å². The van der Waals surface area contributed by atoms with Gasteiger partial charge in [-0.3, -0.25) is 0 Å². The van der Waals surface area contributed by atoms with Gasteiger partial charge in [-0.1, -0.05) is 72.3 Å². The normalized spacial score (nSPS) is 11.4. The molecule has 0 saturated carbocycles. The van der Waals surface area contributed by atoms with Gasteiger partial charge in [0.25, 0.3) is 0 Å². The molecule has 0 heteroatoms. The molecule has 0 nitrogen and oxygen atoms in total. The number of rotatable bonds is 0. The van der Waals surface area contributed by atoms with Crippen LogP contribution < -0.4 is 0 Å². The molecule has 90 valence electrons. The average Bonchev–Trinajstić information content (AvgIpc) is 2.46. The Balaban J connectivity index is 2.33. The number of fused-ring (bicyclic) bond motifs is 5. The van der Waals surface area contributed by atoms with Crippen LogP contribution in [-0.2, 0) is 0 Å². The molecular weight excluding hydrogens is 228 g/mol. The van der Waals surface area contributed by atoms with Gasteiger partial charge in [-0.15, -0.1) is 0 Å². The van der Waals surface area contributed by atoms with E-state index in [1.54, 1.807) is 0 Å². The van der Waals surface area contributed by atoms with Crippen molar-refractivity contribution in [3.8, 4) is 0 Å².